The Balaban J connectivity index is 1.54. The molecule has 0 N–H and O–H groups in total. The summed E-state index contributed by atoms with van der Waals surface area (Å²) in [5, 5.41) is 2.42. The first-order valence-corrected chi connectivity index (χ1v) is 10.6. The highest BCUT2D eigenvalue weighted by atomic mass is 79.9. The van der Waals surface area contributed by atoms with E-state index in [0.717, 1.165) is 36.0 Å². The van der Waals surface area contributed by atoms with Crippen LogP contribution in [0.5, 0.6) is 0 Å². The molecule has 2 aliphatic heterocycles. The van der Waals surface area contributed by atoms with Crippen molar-refractivity contribution in [2.75, 3.05) is 6.54 Å². The number of aliphatic imine (C=N–C) groups is 1. The van der Waals surface area contributed by atoms with Crippen LogP contribution in [0.15, 0.2) is 52.1 Å². The van der Waals surface area contributed by atoms with Gasteiger partial charge in [-0.05, 0) is 61.6 Å². The SMILES string of the molecule is CC(C)(C)OC(=O)N1CCC[C@H]1C1=NC=C(c2ccc(Br)c3ccccc23)C1. The van der Waals surface area contributed by atoms with Gasteiger partial charge in [-0.25, -0.2) is 4.79 Å². The van der Waals surface area contributed by atoms with Crippen molar-refractivity contribution in [1.29, 1.82) is 0 Å². The van der Waals surface area contributed by atoms with Gasteiger partial charge < -0.3 is 4.74 Å². The van der Waals surface area contributed by atoms with Crippen LogP contribution in [0.3, 0.4) is 0 Å². The average molecular weight is 441 g/mol. The Hall–Kier alpha value is -2.14. The minimum Gasteiger partial charge on any atom is -0.444 e. The van der Waals surface area contributed by atoms with Gasteiger partial charge in [-0.15, -0.1) is 0 Å². The number of carbonyl (C=O) groups excluding carboxylic acids is 1. The maximum Gasteiger partial charge on any atom is 0.410 e. The second-order valence-electron chi connectivity index (χ2n) is 8.42. The summed E-state index contributed by atoms with van der Waals surface area (Å²) in [5.41, 5.74) is 2.99. The molecule has 4 nitrogen and oxygen atoms in total. The zero-order valence-corrected chi connectivity index (χ0v) is 18.1. The molecule has 1 amide bonds. The van der Waals surface area contributed by atoms with Crippen LogP contribution in [0.25, 0.3) is 16.3 Å². The molecule has 4 rings (SSSR count). The van der Waals surface area contributed by atoms with Gasteiger partial charge in [0, 0.05) is 29.3 Å². The van der Waals surface area contributed by atoms with Crippen molar-refractivity contribution in [1.82, 2.24) is 4.90 Å². The highest BCUT2D eigenvalue weighted by molar-refractivity contribution is 9.10. The monoisotopic (exact) mass is 440 g/mol. The highest BCUT2D eigenvalue weighted by Crippen LogP contribution is 2.36. The number of rotatable bonds is 2. The number of hydrogen-bond donors (Lipinski definition) is 0. The summed E-state index contributed by atoms with van der Waals surface area (Å²) in [6.45, 7) is 6.44. The molecule has 146 valence electrons. The molecular weight excluding hydrogens is 416 g/mol. The Kier molecular flexibility index (Phi) is 5.04. The predicted molar refractivity (Wildman–Crippen MR) is 118 cm³/mol. The number of hydrogen-bond acceptors (Lipinski definition) is 3. The fourth-order valence-electron chi connectivity index (χ4n) is 4.01. The minimum absolute atomic E-state index is 0.0327. The van der Waals surface area contributed by atoms with E-state index in [1.807, 2.05) is 31.9 Å². The standard InChI is InChI=1S/C23H25BrN2O2/c1-23(2,3)28-22(27)26-12-6-9-21(26)20-13-15(14-25-20)16-10-11-19(24)18-8-5-4-7-17(16)18/h4-5,7-8,10-11,14,21H,6,9,12-13H2,1-3H3/t21-/m0/s1. The topological polar surface area (TPSA) is 41.9 Å². The number of benzene rings is 2. The van der Waals surface area contributed by atoms with Gasteiger partial charge >= 0.3 is 6.09 Å². The Morgan fingerprint density at radius 2 is 1.93 bits per heavy atom. The molecule has 5 heteroatoms. The number of nitrogens with zero attached hydrogens (tertiary/aromatic N) is 2. The fourth-order valence-corrected chi connectivity index (χ4v) is 4.49. The van der Waals surface area contributed by atoms with Crippen molar-refractivity contribution >= 4 is 44.1 Å². The third kappa shape index (κ3) is 3.72. The summed E-state index contributed by atoms with van der Waals surface area (Å²) < 4.78 is 6.70. The van der Waals surface area contributed by atoms with Gasteiger partial charge in [0.25, 0.3) is 0 Å². The number of likely N-dealkylation sites (tertiary alicyclic amines) is 1. The summed E-state index contributed by atoms with van der Waals surface area (Å²) >= 11 is 3.65. The average Bonchev–Trinajstić information content (AvgIpc) is 3.30. The Bertz CT molecular complexity index is 988. The molecule has 1 fully saturated rings. The molecule has 2 aromatic carbocycles. The quantitative estimate of drug-likeness (QED) is 0.558. The molecule has 0 spiro atoms. The number of ether oxygens (including phenoxy) is 1. The van der Waals surface area contributed by atoms with Gasteiger partial charge in [0.05, 0.1) is 6.04 Å². The molecule has 0 unspecified atom stereocenters. The molecule has 2 aliphatic rings. The van der Waals surface area contributed by atoms with E-state index in [4.69, 9.17) is 9.73 Å². The first-order chi connectivity index (χ1) is 13.3. The van der Waals surface area contributed by atoms with Crippen molar-refractivity contribution < 1.29 is 9.53 Å². The summed E-state index contributed by atoms with van der Waals surface area (Å²) in [5.74, 6) is 0. The van der Waals surface area contributed by atoms with Crippen molar-refractivity contribution in [3.05, 3.63) is 52.6 Å². The molecule has 1 atom stereocenters. The van der Waals surface area contributed by atoms with E-state index in [9.17, 15) is 4.79 Å². The highest BCUT2D eigenvalue weighted by Gasteiger charge is 2.36. The maximum atomic E-state index is 12.6. The molecular formula is C23H25BrN2O2. The summed E-state index contributed by atoms with van der Waals surface area (Å²) in [7, 11) is 0. The lowest BCUT2D eigenvalue weighted by atomic mass is 9.94. The van der Waals surface area contributed by atoms with Crippen LogP contribution in [0.4, 0.5) is 4.79 Å². The van der Waals surface area contributed by atoms with Gasteiger partial charge in [0.15, 0.2) is 0 Å². The van der Waals surface area contributed by atoms with E-state index < -0.39 is 5.60 Å². The zero-order chi connectivity index (χ0) is 19.9. The number of allylic oxidation sites excluding steroid dienone is 1. The smallest absolute Gasteiger partial charge is 0.410 e. The van der Waals surface area contributed by atoms with Crippen molar-refractivity contribution in [3.8, 4) is 0 Å². The predicted octanol–water partition coefficient (Wildman–Crippen LogP) is 6.19. The van der Waals surface area contributed by atoms with E-state index in [-0.39, 0.29) is 12.1 Å². The van der Waals surface area contributed by atoms with E-state index in [2.05, 4.69) is 52.3 Å². The van der Waals surface area contributed by atoms with Crippen LogP contribution in [-0.2, 0) is 4.74 Å². The van der Waals surface area contributed by atoms with E-state index >= 15 is 0 Å². The molecule has 0 bridgehead atoms. The lowest BCUT2D eigenvalue weighted by Gasteiger charge is -2.28. The third-order valence-electron chi connectivity index (χ3n) is 5.24. The number of halogens is 1. The molecule has 0 radical (unpaired) electrons. The third-order valence-corrected chi connectivity index (χ3v) is 5.93. The second-order valence-corrected chi connectivity index (χ2v) is 9.28. The lowest BCUT2D eigenvalue weighted by Crippen LogP contribution is -2.43. The number of carbonyl (C=O) groups is 1. The summed E-state index contributed by atoms with van der Waals surface area (Å²) in [6, 6.07) is 12.7. The van der Waals surface area contributed by atoms with E-state index in [1.165, 1.54) is 21.9 Å². The Morgan fingerprint density at radius 3 is 2.68 bits per heavy atom. The zero-order valence-electron chi connectivity index (χ0n) is 16.5. The van der Waals surface area contributed by atoms with E-state index in [1.54, 1.807) is 0 Å². The Morgan fingerprint density at radius 1 is 1.18 bits per heavy atom. The van der Waals surface area contributed by atoms with Crippen molar-refractivity contribution in [2.24, 2.45) is 4.99 Å². The first kappa shape index (κ1) is 19.2. The van der Waals surface area contributed by atoms with Crippen LogP contribution < -0.4 is 0 Å². The van der Waals surface area contributed by atoms with Crippen molar-refractivity contribution in [3.63, 3.8) is 0 Å². The van der Waals surface area contributed by atoms with Gasteiger partial charge in [0.1, 0.15) is 5.60 Å². The molecule has 1 saturated heterocycles. The summed E-state index contributed by atoms with van der Waals surface area (Å²) in [6.07, 6.45) is 4.44. The second kappa shape index (κ2) is 7.36. The van der Waals surface area contributed by atoms with E-state index in [0.29, 0.717) is 0 Å². The number of amides is 1. The number of fused-ring (bicyclic) bond motifs is 1. The first-order valence-electron chi connectivity index (χ1n) is 9.76. The Labute approximate surface area is 174 Å². The van der Waals surface area contributed by atoms with Crippen LogP contribution in [-0.4, -0.2) is 34.9 Å². The molecule has 2 aromatic rings. The molecule has 0 aromatic heterocycles. The molecule has 0 saturated carbocycles. The van der Waals surface area contributed by atoms with Crippen LogP contribution in [0.2, 0.25) is 0 Å². The van der Waals surface area contributed by atoms with Gasteiger partial charge in [-0.2, -0.15) is 0 Å². The molecule has 0 aliphatic carbocycles. The molecule has 2 heterocycles. The van der Waals surface area contributed by atoms with Gasteiger partial charge in [0.2, 0.25) is 0 Å². The summed E-state index contributed by atoms with van der Waals surface area (Å²) in [4.78, 5) is 19.2. The lowest BCUT2D eigenvalue weighted by molar-refractivity contribution is 0.0265. The normalized spacial score (nSPS) is 19.7. The minimum atomic E-state index is -0.485. The van der Waals surface area contributed by atoms with Crippen LogP contribution >= 0.6 is 15.9 Å². The maximum absolute atomic E-state index is 12.6. The molecule has 28 heavy (non-hydrogen) atoms. The van der Waals surface area contributed by atoms with Gasteiger partial charge in [-0.1, -0.05) is 46.3 Å². The largest absolute Gasteiger partial charge is 0.444 e. The van der Waals surface area contributed by atoms with Gasteiger partial charge in [-0.3, -0.25) is 9.89 Å². The van der Waals surface area contributed by atoms with Crippen molar-refractivity contribution in [2.45, 2.75) is 51.7 Å². The van der Waals surface area contributed by atoms with Crippen LogP contribution in [0, 0.1) is 0 Å². The fraction of sp³-hybridized carbons (Fsp3) is 0.391. The van der Waals surface area contributed by atoms with Crippen LogP contribution in [0.1, 0.15) is 45.6 Å².